The second-order valence-electron chi connectivity index (χ2n) is 5.55. The van der Waals surface area contributed by atoms with Crippen molar-refractivity contribution in [2.75, 3.05) is 0 Å². The van der Waals surface area contributed by atoms with Crippen LogP contribution in [-0.2, 0) is 6.61 Å². The second kappa shape index (κ2) is 6.10. The van der Waals surface area contributed by atoms with Crippen molar-refractivity contribution in [3.8, 4) is 5.75 Å². The van der Waals surface area contributed by atoms with Crippen molar-refractivity contribution >= 4 is 0 Å². The maximum atomic E-state index is 6.03. The fraction of sp³-hybridized carbons (Fsp3) is 0.333. The van der Waals surface area contributed by atoms with Gasteiger partial charge in [-0.3, -0.25) is 0 Å². The van der Waals surface area contributed by atoms with Crippen molar-refractivity contribution in [3.05, 3.63) is 64.2 Å². The van der Waals surface area contributed by atoms with E-state index in [9.17, 15) is 0 Å². The highest BCUT2D eigenvalue weighted by Crippen LogP contribution is 2.26. The van der Waals surface area contributed by atoms with E-state index in [2.05, 4.69) is 51.1 Å². The van der Waals surface area contributed by atoms with Crippen molar-refractivity contribution in [2.24, 2.45) is 5.73 Å². The third kappa shape index (κ3) is 3.40. The molecule has 2 N–H and O–H groups in total. The average molecular weight is 269 g/mol. The van der Waals surface area contributed by atoms with Crippen LogP contribution in [0.25, 0.3) is 0 Å². The van der Waals surface area contributed by atoms with Gasteiger partial charge in [0.1, 0.15) is 12.4 Å². The summed E-state index contributed by atoms with van der Waals surface area (Å²) in [5.74, 6) is 0.881. The largest absolute Gasteiger partial charge is 0.489 e. The van der Waals surface area contributed by atoms with Crippen LogP contribution in [0.4, 0.5) is 0 Å². The SMILES string of the molecule is Cc1ccc(C)c(COc2ccc(C)cc2C(C)N)c1. The van der Waals surface area contributed by atoms with Crippen molar-refractivity contribution in [3.63, 3.8) is 0 Å². The molecular weight excluding hydrogens is 246 g/mol. The highest BCUT2D eigenvalue weighted by molar-refractivity contribution is 5.39. The van der Waals surface area contributed by atoms with Crippen LogP contribution in [0.1, 0.15) is 40.8 Å². The minimum absolute atomic E-state index is 0.0245. The van der Waals surface area contributed by atoms with Gasteiger partial charge in [-0.25, -0.2) is 0 Å². The topological polar surface area (TPSA) is 35.2 Å². The second-order valence-corrected chi connectivity index (χ2v) is 5.55. The number of aryl methyl sites for hydroxylation is 3. The van der Waals surface area contributed by atoms with Gasteiger partial charge in [0.2, 0.25) is 0 Å². The summed E-state index contributed by atoms with van der Waals surface area (Å²) in [4.78, 5) is 0. The predicted octanol–water partition coefficient (Wildman–Crippen LogP) is 4.21. The smallest absolute Gasteiger partial charge is 0.124 e. The number of nitrogens with two attached hydrogens (primary N) is 1. The van der Waals surface area contributed by atoms with E-state index in [1.54, 1.807) is 0 Å². The number of hydrogen-bond donors (Lipinski definition) is 1. The molecule has 106 valence electrons. The normalized spacial score (nSPS) is 12.2. The molecule has 0 aliphatic rings. The minimum atomic E-state index is -0.0245. The molecule has 2 heteroatoms. The Morgan fingerprint density at radius 2 is 1.65 bits per heavy atom. The molecule has 0 amide bonds. The fourth-order valence-corrected chi connectivity index (χ4v) is 2.27. The van der Waals surface area contributed by atoms with Crippen LogP contribution in [0.2, 0.25) is 0 Å². The molecular formula is C18H23NO. The predicted molar refractivity (Wildman–Crippen MR) is 84.0 cm³/mol. The summed E-state index contributed by atoms with van der Waals surface area (Å²) >= 11 is 0. The van der Waals surface area contributed by atoms with E-state index in [0.29, 0.717) is 6.61 Å². The zero-order valence-electron chi connectivity index (χ0n) is 12.7. The average Bonchev–Trinajstić information content (AvgIpc) is 2.40. The standard InChI is InChI=1S/C18H23NO/c1-12-5-7-14(3)16(9-12)11-20-18-8-6-13(2)10-17(18)15(4)19/h5-10,15H,11,19H2,1-4H3. The zero-order valence-corrected chi connectivity index (χ0v) is 12.7. The lowest BCUT2D eigenvalue weighted by Gasteiger charge is -2.16. The molecule has 0 radical (unpaired) electrons. The molecule has 0 aliphatic heterocycles. The molecule has 0 bridgehead atoms. The molecule has 2 nitrogen and oxygen atoms in total. The molecule has 1 unspecified atom stereocenters. The zero-order chi connectivity index (χ0) is 14.7. The summed E-state index contributed by atoms with van der Waals surface area (Å²) in [5.41, 5.74) is 12.0. The highest BCUT2D eigenvalue weighted by atomic mass is 16.5. The Balaban J connectivity index is 2.20. The molecule has 0 aromatic heterocycles. The first-order valence-corrected chi connectivity index (χ1v) is 7.02. The molecule has 0 saturated heterocycles. The van der Waals surface area contributed by atoms with E-state index in [0.717, 1.165) is 11.3 Å². The van der Waals surface area contributed by atoms with Gasteiger partial charge in [0, 0.05) is 11.6 Å². The summed E-state index contributed by atoms with van der Waals surface area (Å²) < 4.78 is 6.00. The lowest BCUT2D eigenvalue weighted by Crippen LogP contribution is -2.09. The van der Waals surface area contributed by atoms with Crippen molar-refractivity contribution in [1.82, 2.24) is 0 Å². The summed E-state index contributed by atoms with van der Waals surface area (Å²) in [6.07, 6.45) is 0. The first-order chi connectivity index (χ1) is 9.47. The first-order valence-electron chi connectivity index (χ1n) is 7.02. The number of benzene rings is 2. The third-order valence-corrected chi connectivity index (χ3v) is 3.54. The Labute approximate surface area is 121 Å². The van der Waals surface area contributed by atoms with Crippen LogP contribution in [0.3, 0.4) is 0 Å². The first kappa shape index (κ1) is 14.6. The van der Waals surface area contributed by atoms with Crippen LogP contribution >= 0.6 is 0 Å². The molecule has 20 heavy (non-hydrogen) atoms. The van der Waals surface area contributed by atoms with E-state index in [4.69, 9.17) is 10.5 Å². The van der Waals surface area contributed by atoms with Crippen LogP contribution in [-0.4, -0.2) is 0 Å². The van der Waals surface area contributed by atoms with Gasteiger partial charge >= 0.3 is 0 Å². The van der Waals surface area contributed by atoms with E-state index >= 15 is 0 Å². The van der Waals surface area contributed by atoms with Gasteiger partial charge in [-0.2, -0.15) is 0 Å². The lowest BCUT2D eigenvalue weighted by molar-refractivity contribution is 0.300. The van der Waals surface area contributed by atoms with Gasteiger partial charge in [-0.1, -0.05) is 41.5 Å². The quantitative estimate of drug-likeness (QED) is 0.902. The summed E-state index contributed by atoms with van der Waals surface area (Å²) in [5, 5.41) is 0. The van der Waals surface area contributed by atoms with E-state index in [1.165, 1.54) is 22.3 Å². The van der Waals surface area contributed by atoms with Gasteiger partial charge in [0.25, 0.3) is 0 Å². The maximum absolute atomic E-state index is 6.03. The number of ether oxygens (including phenoxy) is 1. The van der Waals surface area contributed by atoms with Crippen molar-refractivity contribution in [2.45, 2.75) is 40.3 Å². The fourth-order valence-electron chi connectivity index (χ4n) is 2.27. The Morgan fingerprint density at radius 1 is 1.00 bits per heavy atom. The monoisotopic (exact) mass is 269 g/mol. The van der Waals surface area contributed by atoms with E-state index < -0.39 is 0 Å². The molecule has 2 aromatic rings. The Hall–Kier alpha value is -1.80. The molecule has 0 spiro atoms. The summed E-state index contributed by atoms with van der Waals surface area (Å²) in [6.45, 7) is 8.85. The Bertz CT molecular complexity index is 602. The van der Waals surface area contributed by atoms with Gasteiger partial charge < -0.3 is 10.5 Å². The van der Waals surface area contributed by atoms with Gasteiger partial charge in [-0.05, 0) is 44.9 Å². The van der Waals surface area contributed by atoms with Crippen LogP contribution in [0.5, 0.6) is 5.75 Å². The maximum Gasteiger partial charge on any atom is 0.124 e. The van der Waals surface area contributed by atoms with Crippen LogP contribution in [0.15, 0.2) is 36.4 Å². The van der Waals surface area contributed by atoms with Gasteiger partial charge in [0.05, 0.1) is 0 Å². The Kier molecular flexibility index (Phi) is 4.46. The minimum Gasteiger partial charge on any atom is -0.489 e. The van der Waals surface area contributed by atoms with E-state index in [1.807, 2.05) is 13.0 Å². The van der Waals surface area contributed by atoms with Crippen molar-refractivity contribution in [1.29, 1.82) is 0 Å². The Morgan fingerprint density at radius 3 is 2.35 bits per heavy atom. The van der Waals surface area contributed by atoms with Gasteiger partial charge in [0.15, 0.2) is 0 Å². The number of hydrogen-bond acceptors (Lipinski definition) is 2. The van der Waals surface area contributed by atoms with E-state index in [-0.39, 0.29) is 6.04 Å². The van der Waals surface area contributed by atoms with Crippen molar-refractivity contribution < 1.29 is 4.74 Å². The summed E-state index contributed by atoms with van der Waals surface area (Å²) in [7, 11) is 0. The van der Waals surface area contributed by atoms with Gasteiger partial charge in [-0.15, -0.1) is 0 Å². The molecule has 2 aromatic carbocycles. The summed E-state index contributed by atoms with van der Waals surface area (Å²) in [6, 6.07) is 12.6. The highest BCUT2D eigenvalue weighted by Gasteiger charge is 2.09. The molecule has 0 saturated carbocycles. The molecule has 0 aliphatic carbocycles. The molecule has 0 fully saturated rings. The molecule has 2 rings (SSSR count). The molecule has 1 atom stereocenters. The lowest BCUT2D eigenvalue weighted by atomic mass is 10.0. The number of rotatable bonds is 4. The third-order valence-electron chi connectivity index (χ3n) is 3.54. The molecule has 0 heterocycles. The van der Waals surface area contributed by atoms with Crippen LogP contribution < -0.4 is 10.5 Å². The van der Waals surface area contributed by atoms with Crippen LogP contribution in [0, 0.1) is 20.8 Å².